The van der Waals surface area contributed by atoms with Gasteiger partial charge >= 0.3 is 0 Å². The van der Waals surface area contributed by atoms with E-state index < -0.39 is 0 Å². The Bertz CT molecular complexity index is 786. The molecule has 1 saturated carbocycles. The average Bonchev–Trinajstić information content (AvgIpc) is 3.43. The monoisotopic (exact) mass is 350 g/mol. The van der Waals surface area contributed by atoms with Gasteiger partial charge in [0.1, 0.15) is 0 Å². The van der Waals surface area contributed by atoms with E-state index in [1.54, 1.807) is 0 Å². The molecule has 0 radical (unpaired) electrons. The highest BCUT2D eigenvalue weighted by Gasteiger charge is 2.48. The molecular weight excluding hydrogens is 324 g/mol. The van der Waals surface area contributed by atoms with E-state index in [0.29, 0.717) is 12.3 Å². The van der Waals surface area contributed by atoms with Gasteiger partial charge in [-0.15, -0.1) is 0 Å². The first kappa shape index (κ1) is 18.2. The Morgan fingerprint density at radius 2 is 1.50 bits per heavy atom. The van der Waals surface area contributed by atoms with Crippen molar-refractivity contribution >= 4 is 17.5 Å². The first-order valence-electron chi connectivity index (χ1n) is 9.22. The topological polar surface area (TPSA) is 58.2 Å². The number of carbonyl (C=O) groups excluding carboxylic acids is 2. The molecule has 0 aromatic heterocycles. The van der Waals surface area contributed by atoms with Crippen molar-refractivity contribution in [2.24, 2.45) is 11.8 Å². The van der Waals surface area contributed by atoms with Crippen LogP contribution in [0.1, 0.15) is 50.3 Å². The van der Waals surface area contributed by atoms with Gasteiger partial charge in [-0.25, -0.2) is 0 Å². The third-order valence-corrected chi connectivity index (χ3v) is 4.96. The van der Waals surface area contributed by atoms with E-state index in [1.165, 1.54) is 0 Å². The molecule has 0 saturated heterocycles. The van der Waals surface area contributed by atoms with Crippen LogP contribution in [0.25, 0.3) is 0 Å². The van der Waals surface area contributed by atoms with Crippen molar-refractivity contribution in [2.75, 3.05) is 5.32 Å². The Kier molecular flexibility index (Phi) is 5.40. The molecule has 1 aliphatic rings. The van der Waals surface area contributed by atoms with E-state index in [4.69, 9.17) is 0 Å². The zero-order valence-corrected chi connectivity index (χ0v) is 15.5. The van der Waals surface area contributed by atoms with Crippen LogP contribution >= 0.6 is 0 Å². The van der Waals surface area contributed by atoms with Gasteiger partial charge in [0, 0.05) is 5.69 Å². The van der Waals surface area contributed by atoms with Crippen molar-refractivity contribution in [3.05, 3.63) is 65.7 Å². The molecule has 1 fully saturated rings. The summed E-state index contributed by atoms with van der Waals surface area (Å²) >= 11 is 0. The van der Waals surface area contributed by atoms with Crippen LogP contribution in [0.15, 0.2) is 54.6 Å². The van der Waals surface area contributed by atoms with Gasteiger partial charge in [-0.05, 0) is 36.5 Å². The summed E-state index contributed by atoms with van der Waals surface area (Å²) in [6.45, 7) is 6.16. The fourth-order valence-electron chi connectivity index (χ4n) is 3.26. The number of carbonyl (C=O) groups is 2. The fourth-order valence-corrected chi connectivity index (χ4v) is 3.26. The number of nitrogens with one attached hydrogen (secondary N) is 2. The highest BCUT2D eigenvalue weighted by Crippen LogP contribution is 2.40. The Morgan fingerprint density at radius 1 is 0.885 bits per heavy atom. The minimum atomic E-state index is -0.238. The fraction of sp³-hybridized carbons (Fsp3) is 0.364. The Balaban J connectivity index is 1.56. The maximum atomic E-state index is 12.5. The molecule has 3 rings (SSSR count). The van der Waals surface area contributed by atoms with Gasteiger partial charge in [-0.3, -0.25) is 9.59 Å². The van der Waals surface area contributed by atoms with E-state index in [-0.39, 0.29) is 29.7 Å². The molecule has 4 nitrogen and oxygen atoms in total. The SMILES string of the molecule is CC(C)c1ccccc1NC(=O)C1CC1C(=O)NC(C)c1ccccc1. The molecule has 0 bridgehead atoms. The molecule has 2 amide bonds. The number of hydrogen-bond acceptors (Lipinski definition) is 2. The van der Waals surface area contributed by atoms with Crippen LogP contribution in [0.4, 0.5) is 5.69 Å². The molecule has 3 atom stereocenters. The van der Waals surface area contributed by atoms with E-state index in [9.17, 15) is 9.59 Å². The van der Waals surface area contributed by atoms with Crippen molar-refractivity contribution in [2.45, 2.75) is 39.2 Å². The lowest BCUT2D eigenvalue weighted by molar-refractivity contribution is -0.125. The minimum Gasteiger partial charge on any atom is -0.349 e. The summed E-state index contributed by atoms with van der Waals surface area (Å²) in [5.74, 6) is -0.244. The van der Waals surface area contributed by atoms with E-state index in [0.717, 1.165) is 16.8 Å². The third kappa shape index (κ3) is 4.13. The molecule has 3 unspecified atom stereocenters. The quantitative estimate of drug-likeness (QED) is 0.818. The molecule has 0 heterocycles. The molecule has 4 heteroatoms. The van der Waals surface area contributed by atoms with Gasteiger partial charge in [0.2, 0.25) is 11.8 Å². The van der Waals surface area contributed by atoms with Crippen molar-refractivity contribution in [3.63, 3.8) is 0 Å². The molecule has 0 aliphatic heterocycles. The van der Waals surface area contributed by atoms with Crippen LogP contribution in [0.5, 0.6) is 0 Å². The van der Waals surface area contributed by atoms with Gasteiger partial charge in [0.15, 0.2) is 0 Å². The van der Waals surface area contributed by atoms with Crippen molar-refractivity contribution in [1.29, 1.82) is 0 Å². The Labute approximate surface area is 155 Å². The number of rotatable bonds is 6. The van der Waals surface area contributed by atoms with Gasteiger partial charge in [0.05, 0.1) is 17.9 Å². The van der Waals surface area contributed by atoms with Crippen LogP contribution < -0.4 is 10.6 Å². The Morgan fingerprint density at radius 3 is 2.19 bits per heavy atom. The van der Waals surface area contributed by atoms with E-state index >= 15 is 0 Å². The second-order valence-corrected chi connectivity index (χ2v) is 7.32. The summed E-state index contributed by atoms with van der Waals surface area (Å²) in [7, 11) is 0. The van der Waals surface area contributed by atoms with Gasteiger partial charge < -0.3 is 10.6 Å². The van der Waals surface area contributed by atoms with E-state index in [1.807, 2.05) is 61.5 Å². The van der Waals surface area contributed by atoms with Gasteiger partial charge in [-0.2, -0.15) is 0 Å². The molecule has 2 N–H and O–H groups in total. The number of anilines is 1. The second kappa shape index (κ2) is 7.73. The molecular formula is C22H26N2O2. The predicted octanol–water partition coefficient (Wildman–Crippen LogP) is 4.26. The van der Waals surface area contributed by atoms with Crippen LogP contribution in [-0.2, 0) is 9.59 Å². The zero-order valence-electron chi connectivity index (χ0n) is 15.5. The Hall–Kier alpha value is -2.62. The van der Waals surface area contributed by atoms with Crippen molar-refractivity contribution in [3.8, 4) is 0 Å². The van der Waals surface area contributed by atoms with Crippen LogP contribution in [0, 0.1) is 11.8 Å². The normalized spacial score (nSPS) is 19.7. The maximum Gasteiger partial charge on any atom is 0.228 e. The maximum absolute atomic E-state index is 12.5. The van der Waals surface area contributed by atoms with Crippen LogP contribution in [0.3, 0.4) is 0 Å². The molecule has 1 aliphatic carbocycles. The first-order valence-corrected chi connectivity index (χ1v) is 9.22. The lowest BCUT2D eigenvalue weighted by Crippen LogP contribution is -2.30. The second-order valence-electron chi connectivity index (χ2n) is 7.32. The standard InChI is InChI=1S/C22H26N2O2/c1-14(2)17-11-7-8-12-20(17)24-22(26)19-13-18(19)21(25)23-15(3)16-9-5-4-6-10-16/h4-12,14-15,18-19H,13H2,1-3H3,(H,23,25)(H,24,26). The number of hydrogen-bond donors (Lipinski definition) is 2. The number of amides is 2. The number of para-hydroxylation sites is 1. The molecule has 26 heavy (non-hydrogen) atoms. The lowest BCUT2D eigenvalue weighted by Gasteiger charge is -2.15. The lowest BCUT2D eigenvalue weighted by atomic mass is 10.0. The molecule has 0 spiro atoms. The van der Waals surface area contributed by atoms with Gasteiger partial charge in [0.25, 0.3) is 0 Å². The summed E-state index contributed by atoms with van der Waals surface area (Å²) in [6, 6.07) is 17.6. The third-order valence-electron chi connectivity index (χ3n) is 4.96. The zero-order chi connectivity index (χ0) is 18.7. The molecule has 2 aromatic carbocycles. The van der Waals surface area contributed by atoms with Gasteiger partial charge in [-0.1, -0.05) is 62.4 Å². The average molecular weight is 350 g/mol. The smallest absolute Gasteiger partial charge is 0.228 e. The predicted molar refractivity (Wildman–Crippen MR) is 104 cm³/mol. The number of benzene rings is 2. The molecule has 2 aromatic rings. The highest BCUT2D eigenvalue weighted by atomic mass is 16.2. The summed E-state index contributed by atoms with van der Waals surface area (Å²) in [5.41, 5.74) is 3.02. The minimum absolute atomic E-state index is 0.0429. The highest BCUT2D eigenvalue weighted by molar-refractivity contribution is 6.00. The summed E-state index contributed by atoms with van der Waals surface area (Å²) in [6.07, 6.45) is 0.614. The molecule has 136 valence electrons. The van der Waals surface area contributed by atoms with Crippen molar-refractivity contribution < 1.29 is 9.59 Å². The van der Waals surface area contributed by atoms with Crippen LogP contribution in [0.2, 0.25) is 0 Å². The van der Waals surface area contributed by atoms with Crippen LogP contribution in [-0.4, -0.2) is 11.8 Å². The van der Waals surface area contributed by atoms with Crippen molar-refractivity contribution in [1.82, 2.24) is 5.32 Å². The summed E-state index contributed by atoms with van der Waals surface area (Å²) in [5, 5.41) is 6.02. The summed E-state index contributed by atoms with van der Waals surface area (Å²) < 4.78 is 0. The largest absolute Gasteiger partial charge is 0.349 e. The summed E-state index contributed by atoms with van der Waals surface area (Å²) in [4.78, 5) is 25.0. The van der Waals surface area contributed by atoms with E-state index in [2.05, 4.69) is 24.5 Å². The first-order chi connectivity index (χ1) is 12.5.